The number of amides is 1. The molecule has 0 atom stereocenters. The minimum atomic E-state index is 0.0307. The summed E-state index contributed by atoms with van der Waals surface area (Å²) in [5.74, 6) is 1.11. The van der Waals surface area contributed by atoms with E-state index in [1.54, 1.807) is 0 Å². The Labute approximate surface area is 163 Å². The predicted molar refractivity (Wildman–Crippen MR) is 112 cm³/mol. The molecule has 0 bridgehead atoms. The first-order chi connectivity index (χ1) is 13.0. The number of carbonyl (C=O) groups excluding carboxylic acids is 1. The van der Waals surface area contributed by atoms with Crippen LogP contribution in [0.25, 0.3) is 0 Å². The predicted octanol–water partition coefficient (Wildman–Crippen LogP) is 5.89. The van der Waals surface area contributed by atoms with Gasteiger partial charge in [-0.25, -0.2) is 0 Å². The van der Waals surface area contributed by atoms with Crippen molar-refractivity contribution in [1.82, 2.24) is 0 Å². The number of rotatable bonds is 6. The van der Waals surface area contributed by atoms with Crippen molar-refractivity contribution in [1.29, 1.82) is 0 Å². The highest BCUT2D eigenvalue weighted by atomic mass is 16.5. The van der Waals surface area contributed by atoms with Gasteiger partial charge in [0.25, 0.3) is 5.91 Å². The quantitative estimate of drug-likeness (QED) is 0.464. The molecule has 2 aliphatic rings. The minimum Gasteiger partial charge on any atom is -0.491 e. The molecule has 0 radical (unpaired) electrons. The number of carbonyl (C=O) groups is 1. The Morgan fingerprint density at radius 2 is 1.93 bits per heavy atom. The molecule has 1 saturated heterocycles. The highest BCUT2D eigenvalue weighted by Crippen LogP contribution is 2.31. The molecule has 1 aliphatic heterocycles. The van der Waals surface area contributed by atoms with Crippen molar-refractivity contribution < 1.29 is 9.53 Å². The molecule has 3 heteroatoms. The Balaban J connectivity index is 1.80. The standard InChI is InChI=1S/C24H31NO2/c1-5-8-20-16-25(21-13-11-19(12-14-21)17(2)3)24(26)23(20)15-18(4)27-22-9-6-7-10-22/h8,11-15,17,22H,4-7,9-10,16H2,1-3H3/b20-8-,23-15+. The van der Waals surface area contributed by atoms with Crippen LogP contribution < -0.4 is 4.90 Å². The lowest BCUT2D eigenvalue weighted by molar-refractivity contribution is -0.114. The average Bonchev–Trinajstić information content (AvgIpc) is 3.25. The third-order valence-corrected chi connectivity index (χ3v) is 5.40. The van der Waals surface area contributed by atoms with Gasteiger partial charge in [0.1, 0.15) is 5.76 Å². The van der Waals surface area contributed by atoms with E-state index in [9.17, 15) is 4.79 Å². The number of nitrogens with zero attached hydrogens (tertiary/aromatic N) is 1. The summed E-state index contributed by atoms with van der Waals surface area (Å²) < 4.78 is 5.96. The highest BCUT2D eigenvalue weighted by molar-refractivity contribution is 6.12. The number of ether oxygens (including phenoxy) is 1. The normalized spacial score (nSPS) is 21.0. The minimum absolute atomic E-state index is 0.0307. The molecular weight excluding hydrogens is 334 g/mol. The zero-order valence-corrected chi connectivity index (χ0v) is 16.8. The van der Waals surface area contributed by atoms with Crippen LogP contribution >= 0.6 is 0 Å². The van der Waals surface area contributed by atoms with Crippen LogP contribution in [0.1, 0.15) is 64.4 Å². The van der Waals surface area contributed by atoms with Gasteiger partial charge in [0.15, 0.2) is 0 Å². The molecule has 1 saturated carbocycles. The SMILES string of the molecule is C=C(/C=C1/C(=O)N(c2ccc(C(C)C)cc2)C/C1=C/CC)OC1CCCC1. The Morgan fingerprint density at radius 1 is 1.26 bits per heavy atom. The van der Waals surface area contributed by atoms with Crippen LogP contribution in [0.3, 0.4) is 0 Å². The van der Waals surface area contributed by atoms with Gasteiger partial charge in [-0.3, -0.25) is 4.79 Å². The van der Waals surface area contributed by atoms with Gasteiger partial charge in [-0.2, -0.15) is 0 Å². The summed E-state index contributed by atoms with van der Waals surface area (Å²) >= 11 is 0. The molecule has 1 aliphatic carbocycles. The number of hydrogen-bond donors (Lipinski definition) is 0. The smallest absolute Gasteiger partial charge is 0.259 e. The van der Waals surface area contributed by atoms with Gasteiger partial charge >= 0.3 is 0 Å². The highest BCUT2D eigenvalue weighted by Gasteiger charge is 2.31. The van der Waals surface area contributed by atoms with E-state index in [0.29, 0.717) is 23.8 Å². The van der Waals surface area contributed by atoms with Crippen LogP contribution in [0.4, 0.5) is 5.69 Å². The van der Waals surface area contributed by atoms with E-state index in [-0.39, 0.29) is 12.0 Å². The summed E-state index contributed by atoms with van der Waals surface area (Å²) in [6.07, 6.45) is 9.73. The van der Waals surface area contributed by atoms with Gasteiger partial charge < -0.3 is 9.64 Å². The summed E-state index contributed by atoms with van der Waals surface area (Å²) in [6.45, 7) is 11.1. The molecule has 1 heterocycles. The molecule has 1 aromatic rings. The lowest BCUT2D eigenvalue weighted by Crippen LogP contribution is -2.24. The Kier molecular flexibility index (Phi) is 6.20. The fourth-order valence-electron chi connectivity index (χ4n) is 3.85. The van der Waals surface area contributed by atoms with Crippen molar-refractivity contribution in [2.45, 2.75) is 64.9 Å². The van der Waals surface area contributed by atoms with Gasteiger partial charge in [-0.1, -0.05) is 45.6 Å². The summed E-state index contributed by atoms with van der Waals surface area (Å²) in [7, 11) is 0. The first-order valence-electron chi connectivity index (χ1n) is 10.2. The molecule has 1 aromatic carbocycles. The molecule has 0 spiro atoms. The van der Waals surface area contributed by atoms with Crippen molar-refractivity contribution in [3.05, 3.63) is 65.5 Å². The molecular formula is C24H31NO2. The molecule has 27 heavy (non-hydrogen) atoms. The topological polar surface area (TPSA) is 29.5 Å². The van der Waals surface area contributed by atoms with Gasteiger partial charge in [-0.15, -0.1) is 0 Å². The zero-order chi connectivity index (χ0) is 19.4. The van der Waals surface area contributed by atoms with Crippen LogP contribution in [0, 0.1) is 0 Å². The molecule has 1 amide bonds. The Hall–Kier alpha value is -2.29. The van der Waals surface area contributed by atoms with Crippen molar-refractivity contribution in [3.63, 3.8) is 0 Å². The van der Waals surface area contributed by atoms with Gasteiger partial charge in [0, 0.05) is 11.3 Å². The van der Waals surface area contributed by atoms with Gasteiger partial charge in [0.05, 0.1) is 12.6 Å². The van der Waals surface area contributed by atoms with Crippen LogP contribution in [0.15, 0.2) is 59.9 Å². The van der Waals surface area contributed by atoms with E-state index < -0.39 is 0 Å². The van der Waals surface area contributed by atoms with Crippen molar-refractivity contribution in [2.75, 3.05) is 11.4 Å². The van der Waals surface area contributed by atoms with Crippen LogP contribution in [0.5, 0.6) is 0 Å². The molecule has 3 nitrogen and oxygen atoms in total. The molecule has 0 N–H and O–H groups in total. The van der Waals surface area contributed by atoms with E-state index in [1.165, 1.54) is 18.4 Å². The van der Waals surface area contributed by atoms with Crippen molar-refractivity contribution >= 4 is 11.6 Å². The monoisotopic (exact) mass is 365 g/mol. The molecule has 3 rings (SSSR count). The number of allylic oxidation sites excluding steroid dienone is 2. The van der Waals surface area contributed by atoms with E-state index in [1.807, 2.05) is 23.1 Å². The van der Waals surface area contributed by atoms with E-state index in [2.05, 4.69) is 45.6 Å². The van der Waals surface area contributed by atoms with Gasteiger partial charge in [0.2, 0.25) is 0 Å². The van der Waals surface area contributed by atoms with E-state index in [0.717, 1.165) is 30.5 Å². The molecule has 0 aromatic heterocycles. The Morgan fingerprint density at radius 3 is 2.52 bits per heavy atom. The second kappa shape index (κ2) is 8.60. The molecule has 0 unspecified atom stereocenters. The lowest BCUT2D eigenvalue weighted by atomic mass is 10.0. The number of anilines is 1. The number of hydrogen-bond acceptors (Lipinski definition) is 2. The second-order valence-electron chi connectivity index (χ2n) is 7.82. The average molecular weight is 366 g/mol. The zero-order valence-electron chi connectivity index (χ0n) is 16.8. The fourth-order valence-corrected chi connectivity index (χ4v) is 3.85. The second-order valence-corrected chi connectivity index (χ2v) is 7.82. The van der Waals surface area contributed by atoms with Crippen molar-refractivity contribution in [2.24, 2.45) is 0 Å². The largest absolute Gasteiger partial charge is 0.491 e. The van der Waals surface area contributed by atoms with Crippen LogP contribution in [-0.2, 0) is 9.53 Å². The summed E-state index contributed by atoms with van der Waals surface area (Å²) in [5, 5.41) is 0. The lowest BCUT2D eigenvalue weighted by Gasteiger charge is -2.16. The van der Waals surface area contributed by atoms with Crippen molar-refractivity contribution in [3.8, 4) is 0 Å². The van der Waals surface area contributed by atoms with E-state index >= 15 is 0 Å². The molecule has 144 valence electrons. The number of benzene rings is 1. The summed E-state index contributed by atoms with van der Waals surface area (Å²) in [5.41, 5.74) is 4.00. The molecule has 2 fully saturated rings. The van der Waals surface area contributed by atoms with Gasteiger partial charge in [-0.05, 0) is 67.4 Å². The third kappa shape index (κ3) is 4.52. The Bertz CT molecular complexity index is 749. The van der Waals surface area contributed by atoms with Crippen LogP contribution in [0.2, 0.25) is 0 Å². The van der Waals surface area contributed by atoms with E-state index in [4.69, 9.17) is 4.74 Å². The maximum atomic E-state index is 13.1. The third-order valence-electron chi connectivity index (χ3n) is 5.40. The summed E-state index contributed by atoms with van der Waals surface area (Å²) in [4.78, 5) is 15.0. The summed E-state index contributed by atoms with van der Waals surface area (Å²) in [6, 6.07) is 8.31. The maximum Gasteiger partial charge on any atom is 0.259 e. The first kappa shape index (κ1) is 19.5. The fraction of sp³-hybridized carbons (Fsp3) is 0.458. The first-order valence-corrected chi connectivity index (χ1v) is 10.2. The maximum absolute atomic E-state index is 13.1. The van der Waals surface area contributed by atoms with Crippen LogP contribution in [-0.4, -0.2) is 18.6 Å².